The van der Waals surface area contributed by atoms with E-state index in [1.807, 2.05) is 36.4 Å². The molecule has 0 heterocycles. The number of hydrogen-bond acceptors (Lipinski definition) is 0. The first-order valence-electron chi connectivity index (χ1n) is 7.17. The zero-order valence-corrected chi connectivity index (χ0v) is 12.3. The fourth-order valence-corrected chi connectivity index (χ4v) is 2.32. The third-order valence-electron chi connectivity index (χ3n) is 3.51. The second-order valence-corrected chi connectivity index (χ2v) is 5.13. The van der Waals surface area contributed by atoms with Gasteiger partial charge in [0.25, 0.3) is 0 Å². The molecule has 0 aromatic heterocycles. The molecule has 0 saturated heterocycles. The van der Waals surface area contributed by atoms with Crippen molar-refractivity contribution in [2.45, 2.75) is 6.92 Å². The minimum Gasteiger partial charge on any atom is -0.207 e. The number of rotatable bonds is 1. The molecule has 0 spiro atoms. The lowest BCUT2D eigenvalue weighted by atomic mass is 10.00. The Morgan fingerprint density at radius 3 is 2.27 bits per heavy atom. The molecule has 0 fully saturated rings. The van der Waals surface area contributed by atoms with Crippen molar-refractivity contribution in [3.8, 4) is 23.0 Å². The first-order valence-corrected chi connectivity index (χ1v) is 7.17. The van der Waals surface area contributed by atoms with Gasteiger partial charge in [-0.05, 0) is 47.9 Å². The van der Waals surface area contributed by atoms with E-state index in [4.69, 9.17) is 0 Å². The third kappa shape index (κ3) is 3.07. The quantitative estimate of drug-likeness (QED) is 0.539. The maximum atomic E-state index is 13.3. The Labute approximate surface area is 130 Å². The summed E-state index contributed by atoms with van der Waals surface area (Å²) in [6, 6.07) is 23.2. The van der Waals surface area contributed by atoms with Crippen molar-refractivity contribution in [2.75, 3.05) is 0 Å². The van der Waals surface area contributed by atoms with Crippen LogP contribution in [0.4, 0.5) is 4.39 Å². The summed E-state index contributed by atoms with van der Waals surface area (Å²) >= 11 is 0. The van der Waals surface area contributed by atoms with Gasteiger partial charge in [0.2, 0.25) is 0 Å². The molecular formula is C21H15F. The molecule has 0 atom stereocenters. The summed E-state index contributed by atoms with van der Waals surface area (Å²) in [5.41, 5.74) is 4.65. The second kappa shape index (κ2) is 6.28. The van der Waals surface area contributed by atoms with Crippen LogP contribution in [0.1, 0.15) is 16.7 Å². The number of halogens is 1. The molecule has 106 valence electrons. The summed E-state index contributed by atoms with van der Waals surface area (Å²) in [6.45, 7) is 1.75. The minimum absolute atomic E-state index is 0.199. The van der Waals surface area contributed by atoms with E-state index in [1.54, 1.807) is 19.1 Å². The molecule has 0 aliphatic heterocycles. The van der Waals surface area contributed by atoms with Crippen LogP contribution in [-0.4, -0.2) is 0 Å². The Morgan fingerprint density at radius 1 is 0.773 bits per heavy atom. The van der Waals surface area contributed by atoms with Gasteiger partial charge in [-0.3, -0.25) is 0 Å². The standard InChI is InChI=1S/C21H15F/c1-16-15-17(12-14-21(16)22)11-13-19-9-5-6-10-20(19)18-7-3-2-4-8-18/h2-10,12,14-15H,1H3. The van der Waals surface area contributed by atoms with Gasteiger partial charge in [-0.15, -0.1) is 0 Å². The Balaban J connectivity index is 2.01. The summed E-state index contributed by atoms with van der Waals surface area (Å²) in [4.78, 5) is 0. The van der Waals surface area contributed by atoms with E-state index < -0.39 is 0 Å². The summed E-state index contributed by atoms with van der Waals surface area (Å²) in [5, 5.41) is 0. The molecule has 0 amide bonds. The highest BCUT2D eigenvalue weighted by Gasteiger charge is 2.01. The van der Waals surface area contributed by atoms with Gasteiger partial charge in [-0.1, -0.05) is 60.4 Å². The maximum absolute atomic E-state index is 13.3. The van der Waals surface area contributed by atoms with Crippen molar-refractivity contribution in [3.63, 3.8) is 0 Å². The van der Waals surface area contributed by atoms with Crippen molar-refractivity contribution in [3.05, 3.63) is 95.3 Å². The minimum atomic E-state index is -0.199. The van der Waals surface area contributed by atoms with Gasteiger partial charge in [0.15, 0.2) is 0 Å². The van der Waals surface area contributed by atoms with Crippen LogP contribution in [0.25, 0.3) is 11.1 Å². The van der Waals surface area contributed by atoms with E-state index in [9.17, 15) is 4.39 Å². The Bertz CT molecular complexity index is 852. The smallest absolute Gasteiger partial charge is 0.126 e. The first-order chi connectivity index (χ1) is 10.7. The van der Waals surface area contributed by atoms with Gasteiger partial charge in [-0.2, -0.15) is 0 Å². The van der Waals surface area contributed by atoms with Crippen LogP contribution < -0.4 is 0 Å². The lowest BCUT2D eigenvalue weighted by molar-refractivity contribution is 0.618. The summed E-state index contributed by atoms with van der Waals surface area (Å²) < 4.78 is 13.3. The lowest BCUT2D eigenvalue weighted by Gasteiger charge is -2.04. The topological polar surface area (TPSA) is 0 Å². The Kier molecular flexibility index (Phi) is 4.03. The van der Waals surface area contributed by atoms with E-state index in [0.29, 0.717) is 5.56 Å². The zero-order valence-electron chi connectivity index (χ0n) is 12.3. The lowest BCUT2D eigenvalue weighted by Crippen LogP contribution is -1.85. The van der Waals surface area contributed by atoms with Crippen molar-refractivity contribution in [1.82, 2.24) is 0 Å². The molecule has 22 heavy (non-hydrogen) atoms. The molecule has 1 heteroatoms. The molecule has 0 unspecified atom stereocenters. The average Bonchev–Trinajstić information content (AvgIpc) is 2.57. The molecular weight excluding hydrogens is 271 g/mol. The normalized spacial score (nSPS) is 9.91. The third-order valence-corrected chi connectivity index (χ3v) is 3.51. The van der Waals surface area contributed by atoms with Crippen LogP contribution in [0.5, 0.6) is 0 Å². The fourth-order valence-electron chi connectivity index (χ4n) is 2.32. The van der Waals surface area contributed by atoms with Crippen LogP contribution in [0, 0.1) is 24.6 Å². The van der Waals surface area contributed by atoms with Crippen molar-refractivity contribution >= 4 is 0 Å². The molecule has 0 N–H and O–H groups in total. The molecule has 0 nitrogen and oxygen atoms in total. The summed E-state index contributed by atoms with van der Waals surface area (Å²) in [5.74, 6) is 6.13. The molecule has 0 saturated carbocycles. The van der Waals surface area contributed by atoms with E-state index in [2.05, 4.69) is 30.0 Å². The van der Waals surface area contributed by atoms with E-state index in [-0.39, 0.29) is 5.82 Å². The predicted molar refractivity (Wildman–Crippen MR) is 89.0 cm³/mol. The number of hydrogen-bond donors (Lipinski definition) is 0. The second-order valence-electron chi connectivity index (χ2n) is 5.13. The highest BCUT2D eigenvalue weighted by Crippen LogP contribution is 2.22. The largest absolute Gasteiger partial charge is 0.207 e. The summed E-state index contributed by atoms with van der Waals surface area (Å²) in [6.07, 6.45) is 0. The highest BCUT2D eigenvalue weighted by atomic mass is 19.1. The monoisotopic (exact) mass is 286 g/mol. The molecule has 0 aliphatic rings. The van der Waals surface area contributed by atoms with Crippen molar-refractivity contribution < 1.29 is 4.39 Å². The SMILES string of the molecule is Cc1cc(C#Cc2ccccc2-c2ccccc2)ccc1F. The number of benzene rings is 3. The van der Waals surface area contributed by atoms with Crippen molar-refractivity contribution in [1.29, 1.82) is 0 Å². The van der Waals surface area contributed by atoms with Crippen LogP contribution in [0.3, 0.4) is 0 Å². The highest BCUT2D eigenvalue weighted by molar-refractivity contribution is 5.71. The van der Waals surface area contributed by atoms with E-state index in [1.165, 1.54) is 6.07 Å². The van der Waals surface area contributed by atoms with Gasteiger partial charge in [-0.25, -0.2) is 4.39 Å². The fraction of sp³-hybridized carbons (Fsp3) is 0.0476. The van der Waals surface area contributed by atoms with Gasteiger partial charge < -0.3 is 0 Å². The van der Waals surface area contributed by atoms with Crippen molar-refractivity contribution in [2.24, 2.45) is 0 Å². The molecule has 3 aromatic carbocycles. The predicted octanol–water partition coefficient (Wildman–Crippen LogP) is 5.20. The Hall–Kier alpha value is -2.85. The van der Waals surface area contributed by atoms with Crippen LogP contribution in [0.15, 0.2) is 72.8 Å². The summed E-state index contributed by atoms with van der Waals surface area (Å²) in [7, 11) is 0. The van der Waals surface area contributed by atoms with Gasteiger partial charge in [0, 0.05) is 11.1 Å². The van der Waals surface area contributed by atoms with Gasteiger partial charge in [0.05, 0.1) is 0 Å². The molecule has 3 rings (SSSR count). The van der Waals surface area contributed by atoms with Gasteiger partial charge in [0.1, 0.15) is 5.82 Å². The van der Waals surface area contributed by atoms with Crippen LogP contribution >= 0.6 is 0 Å². The molecule has 0 radical (unpaired) electrons. The molecule has 3 aromatic rings. The first kappa shape index (κ1) is 14.1. The maximum Gasteiger partial charge on any atom is 0.126 e. The zero-order chi connectivity index (χ0) is 15.4. The molecule has 0 aliphatic carbocycles. The Morgan fingerprint density at radius 2 is 1.50 bits per heavy atom. The van der Waals surface area contributed by atoms with E-state index >= 15 is 0 Å². The molecule has 0 bridgehead atoms. The van der Waals surface area contributed by atoms with Crippen LogP contribution in [-0.2, 0) is 0 Å². The van der Waals surface area contributed by atoms with Crippen LogP contribution in [0.2, 0.25) is 0 Å². The van der Waals surface area contributed by atoms with E-state index in [0.717, 1.165) is 22.3 Å². The van der Waals surface area contributed by atoms with Gasteiger partial charge >= 0.3 is 0 Å². The number of aryl methyl sites for hydroxylation is 1. The average molecular weight is 286 g/mol.